The molecule has 0 bridgehead atoms. The lowest BCUT2D eigenvalue weighted by molar-refractivity contribution is -0.147. The van der Waals surface area contributed by atoms with Gasteiger partial charge in [0.2, 0.25) is 5.91 Å². The van der Waals surface area contributed by atoms with Crippen LogP contribution in [0.25, 0.3) is 0 Å². The Balaban J connectivity index is 2.04. The van der Waals surface area contributed by atoms with Crippen molar-refractivity contribution in [2.45, 2.75) is 37.6 Å². The second-order valence-corrected chi connectivity index (χ2v) is 5.92. The van der Waals surface area contributed by atoms with Gasteiger partial charge in [-0.05, 0) is 46.5 Å². The van der Waals surface area contributed by atoms with Crippen LogP contribution in [0, 0.1) is 5.82 Å². The van der Waals surface area contributed by atoms with Crippen molar-refractivity contribution >= 4 is 27.8 Å². The first-order chi connectivity index (χ1) is 9.43. The molecule has 1 saturated carbocycles. The van der Waals surface area contributed by atoms with Gasteiger partial charge < -0.3 is 10.4 Å². The van der Waals surface area contributed by atoms with Crippen molar-refractivity contribution in [2.75, 3.05) is 0 Å². The predicted molar refractivity (Wildman–Crippen MR) is 74.8 cm³/mol. The number of hydrogen-bond donors (Lipinski definition) is 2. The number of carbonyl (C=O) groups is 2. The Morgan fingerprint density at radius 1 is 1.35 bits per heavy atom. The smallest absolute Gasteiger partial charge is 0.329 e. The van der Waals surface area contributed by atoms with E-state index in [1.807, 2.05) is 0 Å². The first kappa shape index (κ1) is 15.0. The normalized spacial score (nSPS) is 16.9. The summed E-state index contributed by atoms with van der Waals surface area (Å²) in [5, 5.41) is 11.9. The monoisotopic (exact) mass is 343 g/mol. The molecule has 4 nitrogen and oxygen atoms in total. The average molecular weight is 344 g/mol. The van der Waals surface area contributed by atoms with E-state index in [-0.39, 0.29) is 16.8 Å². The fraction of sp³-hybridized carbons (Fsp3) is 0.429. The lowest BCUT2D eigenvalue weighted by atomic mass is 9.97. The molecule has 0 aromatic heterocycles. The molecule has 0 saturated heterocycles. The number of amides is 1. The van der Waals surface area contributed by atoms with E-state index in [9.17, 15) is 19.1 Å². The fourth-order valence-electron chi connectivity index (χ4n) is 2.52. The molecule has 108 valence electrons. The van der Waals surface area contributed by atoms with Crippen molar-refractivity contribution in [1.82, 2.24) is 5.32 Å². The first-order valence-electron chi connectivity index (χ1n) is 6.41. The minimum Gasteiger partial charge on any atom is -0.480 e. The Kier molecular flexibility index (Phi) is 4.42. The van der Waals surface area contributed by atoms with Gasteiger partial charge in [-0.3, -0.25) is 4.79 Å². The van der Waals surface area contributed by atoms with Gasteiger partial charge in [-0.25, -0.2) is 9.18 Å². The minimum atomic E-state index is -1.13. The molecule has 0 unspecified atom stereocenters. The maximum Gasteiger partial charge on any atom is 0.329 e. The average Bonchev–Trinajstić information content (AvgIpc) is 2.83. The zero-order valence-electron chi connectivity index (χ0n) is 10.8. The number of hydrogen-bond acceptors (Lipinski definition) is 2. The summed E-state index contributed by atoms with van der Waals surface area (Å²) < 4.78 is 13.4. The summed E-state index contributed by atoms with van der Waals surface area (Å²) in [6.07, 6.45) is 2.56. The molecule has 1 amide bonds. The number of benzene rings is 1. The molecule has 1 aromatic rings. The Labute approximate surface area is 124 Å². The van der Waals surface area contributed by atoms with Crippen LogP contribution in [0.1, 0.15) is 31.2 Å². The van der Waals surface area contributed by atoms with E-state index in [4.69, 9.17) is 0 Å². The molecule has 1 aliphatic rings. The quantitative estimate of drug-likeness (QED) is 0.883. The van der Waals surface area contributed by atoms with Crippen molar-refractivity contribution in [3.05, 3.63) is 34.1 Å². The highest BCUT2D eigenvalue weighted by Gasteiger charge is 2.42. The SMILES string of the molecule is O=C(Cc1ccc(F)c(Br)c1)NC1(C(=O)O)CCCC1. The second-order valence-electron chi connectivity index (χ2n) is 5.07. The molecule has 0 atom stereocenters. The van der Waals surface area contributed by atoms with Gasteiger partial charge >= 0.3 is 5.97 Å². The third kappa shape index (κ3) is 3.17. The summed E-state index contributed by atoms with van der Waals surface area (Å²) in [5.41, 5.74) is -0.497. The molecule has 0 spiro atoms. The number of carboxylic acid groups (broad SMARTS) is 1. The zero-order chi connectivity index (χ0) is 14.8. The van der Waals surface area contributed by atoms with Crippen LogP contribution < -0.4 is 5.32 Å². The second kappa shape index (κ2) is 5.91. The molecule has 0 aliphatic heterocycles. The van der Waals surface area contributed by atoms with Gasteiger partial charge in [-0.2, -0.15) is 0 Å². The van der Waals surface area contributed by atoms with Crippen molar-refractivity contribution in [2.24, 2.45) is 0 Å². The largest absolute Gasteiger partial charge is 0.480 e. The zero-order valence-corrected chi connectivity index (χ0v) is 12.4. The van der Waals surface area contributed by atoms with Crippen molar-refractivity contribution in [1.29, 1.82) is 0 Å². The summed E-state index contributed by atoms with van der Waals surface area (Å²) in [4.78, 5) is 23.3. The Bertz CT molecular complexity index is 541. The lowest BCUT2D eigenvalue weighted by Crippen LogP contribution is -2.52. The van der Waals surface area contributed by atoms with E-state index in [2.05, 4.69) is 21.2 Å². The lowest BCUT2D eigenvalue weighted by Gasteiger charge is -2.25. The van der Waals surface area contributed by atoms with Gasteiger partial charge in [0, 0.05) is 0 Å². The van der Waals surface area contributed by atoms with Crippen molar-refractivity contribution in [3.63, 3.8) is 0 Å². The summed E-state index contributed by atoms with van der Waals surface area (Å²) in [7, 11) is 0. The molecule has 20 heavy (non-hydrogen) atoms. The summed E-state index contributed by atoms with van der Waals surface area (Å²) >= 11 is 3.06. The van der Waals surface area contributed by atoms with Crippen LogP contribution in [0.3, 0.4) is 0 Å². The highest BCUT2D eigenvalue weighted by molar-refractivity contribution is 9.10. The van der Waals surface area contributed by atoms with Crippen LogP contribution in [0.4, 0.5) is 4.39 Å². The Morgan fingerprint density at radius 2 is 2.00 bits per heavy atom. The van der Waals surface area contributed by atoms with Crippen LogP contribution in [0.5, 0.6) is 0 Å². The Hall–Kier alpha value is -1.43. The maximum atomic E-state index is 13.1. The minimum absolute atomic E-state index is 0.0356. The summed E-state index contributed by atoms with van der Waals surface area (Å²) in [6, 6.07) is 4.31. The molecule has 1 aromatic carbocycles. The topological polar surface area (TPSA) is 66.4 Å². The number of halogens is 2. The Morgan fingerprint density at radius 3 is 2.55 bits per heavy atom. The van der Waals surface area contributed by atoms with Gasteiger partial charge in [-0.1, -0.05) is 18.9 Å². The molecule has 0 heterocycles. The van der Waals surface area contributed by atoms with E-state index < -0.39 is 17.3 Å². The van der Waals surface area contributed by atoms with Crippen molar-refractivity contribution in [3.8, 4) is 0 Å². The summed E-state index contributed by atoms with van der Waals surface area (Å²) in [5.74, 6) is -1.73. The molecule has 6 heteroatoms. The van der Waals surface area contributed by atoms with Crippen LogP contribution in [-0.4, -0.2) is 22.5 Å². The van der Waals surface area contributed by atoms with Gasteiger partial charge in [0.1, 0.15) is 11.4 Å². The standard InChI is InChI=1S/C14H15BrFNO3/c15-10-7-9(3-4-11(10)16)8-12(18)17-14(13(19)20)5-1-2-6-14/h3-4,7H,1-2,5-6,8H2,(H,17,18)(H,19,20). The van der Waals surface area contributed by atoms with Gasteiger partial charge in [-0.15, -0.1) is 0 Å². The number of carboxylic acids is 1. The van der Waals surface area contributed by atoms with E-state index in [1.165, 1.54) is 18.2 Å². The van der Waals surface area contributed by atoms with Gasteiger partial charge in [0.05, 0.1) is 10.9 Å². The highest BCUT2D eigenvalue weighted by Crippen LogP contribution is 2.30. The van der Waals surface area contributed by atoms with Crippen molar-refractivity contribution < 1.29 is 19.1 Å². The molecule has 1 fully saturated rings. The molecule has 2 N–H and O–H groups in total. The van der Waals surface area contributed by atoms with E-state index in [1.54, 1.807) is 0 Å². The summed E-state index contributed by atoms with van der Waals surface area (Å²) in [6.45, 7) is 0. The molecule has 2 rings (SSSR count). The van der Waals surface area contributed by atoms with Crippen LogP contribution >= 0.6 is 15.9 Å². The number of nitrogens with one attached hydrogen (secondary N) is 1. The number of rotatable bonds is 4. The highest BCUT2D eigenvalue weighted by atomic mass is 79.9. The first-order valence-corrected chi connectivity index (χ1v) is 7.21. The third-order valence-corrected chi connectivity index (χ3v) is 4.20. The van der Waals surface area contributed by atoms with Gasteiger partial charge in [0.25, 0.3) is 0 Å². The van der Waals surface area contributed by atoms with Gasteiger partial charge in [0.15, 0.2) is 0 Å². The van der Waals surface area contributed by atoms with E-state index in [0.717, 1.165) is 12.8 Å². The molecular formula is C14H15BrFNO3. The molecule has 1 aliphatic carbocycles. The third-order valence-electron chi connectivity index (χ3n) is 3.59. The number of aliphatic carboxylic acids is 1. The predicted octanol–water partition coefficient (Wildman–Crippen LogP) is 2.64. The molecular weight excluding hydrogens is 329 g/mol. The fourth-order valence-corrected chi connectivity index (χ4v) is 2.94. The molecule has 0 radical (unpaired) electrons. The van der Waals surface area contributed by atoms with E-state index in [0.29, 0.717) is 18.4 Å². The maximum absolute atomic E-state index is 13.1. The number of carbonyl (C=O) groups excluding carboxylic acids is 1. The van der Waals surface area contributed by atoms with Crippen LogP contribution in [0.2, 0.25) is 0 Å². The van der Waals surface area contributed by atoms with Crippen LogP contribution in [-0.2, 0) is 16.0 Å². The van der Waals surface area contributed by atoms with E-state index >= 15 is 0 Å². The van der Waals surface area contributed by atoms with Crippen LogP contribution in [0.15, 0.2) is 22.7 Å².